The minimum absolute atomic E-state index is 0.368. The third-order valence-corrected chi connectivity index (χ3v) is 5.39. The van der Waals surface area contributed by atoms with Gasteiger partial charge in [-0.05, 0) is 34.5 Å². The molecule has 0 spiro atoms. The van der Waals surface area contributed by atoms with Gasteiger partial charge < -0.3 is 0 Å². The molecular weight excluding hydrogens is 276 g/mol. The molecular formula is C11H9BrO2S. The Morgan fingerprint density at radius 1 is 1.13 bits per heavy atom. The first-order valence-corrected chi connectivity index (χ1v) is 6.69. The van der Waals surface area contributed by atoms with Crippen molar-refractivity contribution in [2.75, 3.05) is 0 Å². The highest BCUT2D eigenvalue weighted by Gasteiger charge is 2.28. The first kappa shape index (κ1) is 10.6. The van der Waals surface area contributed by atoms with Crippen molar-refractivity contribution in [3.63, 3.8) is 0 Å². The number of sulfone groups is 1. The van der Waals surface area contributed by atoms with Crippen LogP contribution in [0.4, 0.5) is 0 Å². The summed E-state index contributed by atoms with van der Waals surface area (Å²) in [5.41, 5.74) is 0.728. The summed E-state index contributed by atoms with van der Waals surface area (Å²) in [6.07, 6.45) is 1.65. The average Bonchev–Trinajstić information content (AvgIpc) is 2.43. The SMILES string of the molecule is CC1=C(Br)C=C(c2ccccc2)S1(=O)=O. The van der Waals surface area contributed by atoms with E-state index in [0.717, 1.165) is 5.56 Å². The summed E-state index contributed by atoms with van der Waals surface area (Å²) in [7, 11) is -3.27. The molecule has 0 unspecified atom stereocenters. The Kier molecular flexibility index (Phi) is 2.56. The zero-order valence-corrected chi connectivity index (χ0v) is 10.5. The van der Waals surface area contributed by atoms with Gasteiger partial charge >= 0.3 is 0 Å². The monoisotopic (exact) mass is 284 g/mol. The quantitative estimate of drug-likeness (QED) is 0.794. The molecule has 2 nitrogen and oxygen atoms in total. The van der Waals surface area contributed by atoms with Gasteiger partial charge in [-0.2, -0.15) is 0 Å². The largest absolute Gasteiger partial charge is 0.219 e. The number of benzene rings is 1. The second kappa shape index (κ2) is 3.61. The van der Waals surface area contributed by atoms with E-state index in [-0.39, 0.29) is 0 Å². The third-order valence-electron chi connectivity index (χ3n) is 2.35. The van der Waals surface area contributed by atoms with E-state index >= 15 is 0 Å². The second-order valence-electron chi connectivity index (χ2n) is 3.28. The van der Waals surface area contributed by atoms with Gasteiger partial charge in [0.2, 0.25) is 9.84 Å². The van der Waals surface area contributed by atoms with Gasteiger partial charge in [-0.25, -0.2) is 8.42 Å². The van der Waals surface area contributed by atoms with Crippen molar-refractivity contribution in [1.82, 2.24) is 0 Å². The lowest BCUT2D eigenvalue weighted by molar-refractivity contribution is 0.612. The van der Waals surface area contributed by atoms with Crippen LogP contribution in [-0.2, 0) is 9.84 Å². The first-order valence-electron chi connectivity index (χ1n) is 4.42. The smallest absolute Gasteiger partial charge is 0.204 e. The number of rotatable bonds is 1. The molecule has 1 heterocycles. The van der Waals surface area contributed by atoms with Crippen molar-refractivity contribution >= 4 is 30.7 Å². The Morgan fingerprint density at radius 2 is 1.73 bits per heavy atom. The highest BCUT2D eigenvalue weighted by atomic mass is 79.9. The lowest BCUT2D eigenvalue weighted by Crippen LogP contribution is -2.00. The Balaban J connectivity index is 2.59. The minimum Gasteiger partial charge on any atom is -0.219 e. The molecule has 78 valence electrons. The average molecular weight is 285 g/mol. The lowest BCUT2D eigenvalue weighted by atomic mass is 10.2. The molecule has 1 aliphatic heterocycles. The Hall–Kier alpha value is -0.870. The van der Waals surface area contributed by atoms with E-state index in [1.807, 2.05) is 18.2 Å². The maximum Gasteiger partial charge on any atom is 0.204 e. The number of allylic oxidation sites excluding steroid dienone is 3. The topological polar surface area (TPSA) is 34.1 Å². The van der Waals surface area contributed by atoms with Crippen LogP contribution in [0.3, 0.4) is 0 Å². The molecule has 0 atom stereocenters. The third kappa shape index (κ3) is 1.68. The van der Waals surface area contributed by atoms with Gasteiger partial charge in [0.05, 0.1) is 9.81 Å². The maximum absolute atomic E-state index is 11.9. The van der Waals surface area contributed by atoms with E-state index in [1.165, 1.54) is 0 Å². The summed E-state index contributed by atoms with van der Waals surface area (Å²) in [6, 6.07) is 9.10. The summed E-state index contributed by atoms with van der Waals surface area (Å²) in [5.74, 6) is 0. The minimum atomic E-state index is -3.27. The summed E-state index contributed by atoms with van der Waals surface area (Å²) in [5, 5.41) is 0. The molecule has 4 heteroatoms. The van der Waals surface area contributed by atoms with Crippen LogP contribution in [0.5, 0.6) is 0 Å². The maximum atomic E-state index is 11.9. The molecule has 0 bridgehead atoms. The second-order valence-corrected chi connectivity index (χ2v) is 6.20. The van der Waals surface area contributed by atoms with E-state index in [9.17, 15) is 8.42 Å². The molecule has 0 radical (unpaired) electrons. The van der Waals surface area contributed by atoms with Gasteiger partial charge in [0.25, 0.3) is 0 Å². The van der Waals surface area contributed by atoms with Crippen molar-refractivity contribution in [3.8, 4) is 0 Å². The molecule has 1 aromatic rings. The van der Waals surface area contributed by atoms with Crippen molar-refractivity contribution in [1.29, 1.82) is 0 Å². The van der Waals surface area contributed by atoms with Gasteiger partial charge in [0.15, 0.2) is 0 Å². The molecule has 1 aliphatic rings. The summed E-state index contributed by atoms with van der Waals surface area (Å²) < 4.78 is 24.5. The molecule has 0 aromatic heterocycles. The van der Waals surface area contributed by atoms with E-state index in [1.54, 1.807) is 25.1 Å². The fraction of sp³-hybridized carbons (Fsp3) is 0.0909. The molecule has 0 N–H and O–H groups in total. The van der Waals surface area contributed by atoms with Crippen molar-refractivity contribution in [2.45, 2.75) is 6.92 Å². The van der Waals surface area contributed by atoms with Crippen LogP contribution in [0.2, 0.25) is 0 Å². The van der Waals surface area contributed by atoms with Crippen LogP contribution in [0.1, 0.15) is 12.5 Å². The Labute approximate surface area is 97.4 Å². The molecule has 2 rings (SSSR count). The standard InChI is InChI=1S/C11H9BrO2S/c1-8-10(12)7-11(15(8,13)14)9-5-3-2-4-6-9/h2-7H,1H3. The van der Waals surface area contributed by atoms with Crippen LogP contribution in [0.25, 0.3) is 4.91 Å². The molecule has 0 saturated carbocycles. The summed E-state index contributed by atoms with van der Waals surface area (Å²) in [6.45, 7) is 1.60. The van der Waals surface area contributed by atoms with Gasteiger partial charge in [-0.1, -0.05) is 30.3 Å². The van der Waals surface area contributed by atoms with Crippen LogP contribution in [-0.4, -0.2) is 8.42 Å². The van der Waals surface area contributed by atoms with Crippen LogP contribution >= 0.6 is 15.9 Å². The van der Waals surface area contributed by atoms with Crippen molar-refractivity contribution in [2.24, 2.45) is 0 Å². The van der Waals surface area contributed by atoms with Crippen LogP contribution in [0, 0.1) is 0 Å². The molecule has 0 amide bonds. The van der Waals surface area contributed by atoms with Crippen LogP contribution < -0.4 is 0 Å². The number of hydrogen-bond acceptors (Lipinski definition) is 2. The number of halogens is 1. The molecule has 1 aromatic carbocycles. The zero-order chi connectivity index (χ0) is 11.1. The van der Waals surface area contributed by atoms with Gasteiger partial charge in [-0.3, -0.25) is 0 Å². The zero-order valence-electron chi connectivity index (χ0n) is 8.07. The van der Waals surface area contributed by atoms with Crippen molar-refractivity contribution in [3.05, 3.63) is 51.4 Å². The lowest BCUT2D eigenvalue weighted by Gasteiger charge is -2.03. The van der Waals surface area contributed by atoms with Gasteiger partial charge in [-0.15, -0.1) is 0 Å². The predicted molar refractivity (Wildman–Crippen MR) is 65.0 cm³/mol. The Bertz CT molecular complexity index is 554. The molecule has 0 fully saturated rings. The highest BCUT2D eigenvalue weighted by Crippen LogP contribution is 2.38. The fourth-order valence-corrected chi connectivity index (χ4v) is 3.81. The van der Waals surface area contributed by atoms with Gasteiger partial charge in [0, 0.05) is 4.48 Å². The summed E-state index contributed by atoms with van der Waals surface area (Å²) in [4.78, 5) is 0.744. The molecule has 0 saturated heterocycles. The first-order chi connectivity index (χ1) is 7.03. The fourth-order valence-electron chi connectivity index (χ4n) is 1.43. The van der Waals surface area contributed by atoms with E-state index < -0.39 is 9.84 Å². The predicted octanol–water partition coefficient (Wildman–Crippen LogP) is 3.08. The molecule has 15 heavy (non-hydrogen) atoms. The van der Waals surface area contributed by atoms with Crippen LogP contribution in [0.15, 0.2) is 45.8 Å². The van der Waals surface area contributed by atoms with E-state index in [4.69, 9.17) is 0 Å². The highest BCUT2D eigenvalue weighted by molar-refractivity contribution is 9.12. The molecule has 0 aliphatic carbocycles. The normalized spacial score (nSPS) is 19.2. The van der Waals surface area contributed by atoms with E-state index in [2.05, 4.69) is 15.9 Å². The summed E-state index contributed by atoms with van der Waals surface area (Å²) >= 11 is 3.24. The Morgan fingerprint density at radius 3 is 2.20 bits per heavy atom. The van der Waals surface area contributed by atoms with E-state index in [0.29, 0.717) is 14.3 Å². The number of hydrogen-bond donors (Lipinski definition) is 0. The van der Waals surface area contributed by atoms with Crippen molar-refractivity contribution < 1.29 is 8.42 Å². The van der Waals surface area contributed by atoms with Gasteiger partial charge in [0.1, 0.15) is 0 Å².